The molecule has 30 heavy (non-hydrogen) atoms. The first-order chi connectivity index (χ1) is 14.1. The van der Waals surface area contributed by atoms with Crippen molar-refractivity contribution in [2.45, 2.75) is 57.7 Å². The minimum atomic E-state index is -1.62. The monoisotopic (exact) mass is 435 g/mol. The second-order valence-corrected chi connectivity index (χ2v) is 9.02. The van der Waals surface area contributed by atoms with Crippen LogP contribution in [0.1, 0.15) is 56.5 Å². The Morgan fingerprint density at radius 2 is 2.03 bits per heavy atom. The van der Waals surface area contributed by atoms with E-state index in [1.54, 1.807) is 23.1 Å². The molecule has 2 aromatic rings. The number of cyclic esters (lactones) is 1. The van der Waals surface area contributed by atoms with E-state index in [9.17, 15) is 13.6 Å². The summed E-state index contributed by atoms with van der Waals surface area (Å²) in [6, 6.07) is 5.94. The van der Waals surface area contributed by atoms with Crippen LogP contribution in [0.3, 0.4) is 0 Å². The largest absolute Gasteiger partial charge is 0.447 e. The van der Waals surface area contributed by atoms with Gasteiger partial charge in [0.15, 0.2) is 0 Å². The zero-order valence-corrected chi connectivity index (χ0v) is 17.9. The van der Waals surface area contributed by atoms with Crippen LogP contribution in [0.15, 0.2) is 24.3 Å². The lowest BCUT2D eigenvalue weighted by Gasteiger charge is -2.21. The molecule has 0 bridgehead atoms. The molecule has 1 saturated carbocycles. The van der Waals surface area contributed by atoms with E-state index in [0.717, 1.165) is 12.8 Å². The van der Waals surface area contributed by atoms with E-state index in [2.05, 4.69) is 9.97 Å². The van der Waals surface area contributed by atoms with Gasteiger partial charge in [-0.1, -0.05) is 30.7 Å². The predicted octanol–water partition coefficient (Wildman–Crippen LogP) is 5.56. The number of hydrogen-bond donors (Lipinski definition) is 0. The molecule has 1 aliphatic carbocycles. The van der Waals surface area contributed by atoms with E-state index in [1.807, 2.05) is 6.92 Å². The molecule has 1 amide bonds. The Labute approximate surface area is 179 Å². The van der Waals surface area contributed by atoms with E-state index < -0.39 is 17.6 Å². The normalized spacial score (nSPS) is 20.4. The summed E-state index contributed by atoms with van der Waals surface area (Å²) in [5.41, 5.74) is -0.879. The fraction of sp³-hybridized carbons (Fsp3) is 0.500. The van der Waals surface area contributed by atoms with E-state index in [4.69, 9.17) is 16.3 Å². The SMILES string of the molecule is C[C@H](Cc1nc(Cl)cc(N2C(=O)OC[C@@H]2C2CC2)n1)c1ccc(C(C)(C)F)cc1F. The maximum Gasteiger partial charge on any atom is 0.415 e. The van der Waals surface area contributed by atoms with Crippen molar-refractivity contribution in [2.24, 2.45) is 5.92 Å². The third-order valence-corrected chi connectivity index (χ3v) is 5.95. The van der Waals surface area contributed by atoms with E-state index in [0.29, 0.717) is 36.2 Å². The van der Waals surface area contributed by atoms with Gasteiger partial charge < -0.3 is 4.74 Å². The Hall–Kier alpha value is -2.28. The highest BCUT2D eigenvalue weighted by molar-refractivity contribution is 6.29. The lowest BCUT2D eigenvalue weighted by molar-refractivity contribution is 0.178. The van der Waals surface area contributed by atoms with Crippen molar-refractivity contribution >= 4 is 23.5 Å². The Morgan fingerprint density at radius 3 is 2.67 bits per heavy atom. The average Bonchev–Trinajstić information content (AvgIpc) is 3.42. The van der Waals surface area contributed by atoms with Gasteiger partial charge in [0, 0.05) is 12.5 Å². The molecule has 0 unspecified atom stereocenters. The third-order valence-electron chi connectivity index (χ3n) is 5.75. The molecule has 0 spiro atoms. The molecule has 2 fully saturated rings. The van der Waals surface area contributed by atoms with Gasteiger partial charge in [0.25, 0.3) is 0 Å². The first kappa shape index (κ1) is 21.0. The molecule has 1 aliphatic heterocycles. The maximum atomic E-state index is 14.6. The van der Waals surface area contributed by atoms with Gasteiger partial charge in [0.05, 0.1) is 6.04 Å². The van der Waals surface area contributed by atoms with Crippen LogP contribution in [0.2, 0.25) is 5.15 Å². The summed E-state index contributed by atoms with van der Waals surface area (Å²) in [6.07, 6.45) is 2.01. The predicted molar refractivity (Wildman–Crippen MR) is 110 cm³/mol. The maximum absolute atomic E-state index is 14.6. The van der Waals surface area contributed by atoms with Crippen LogP contribution < -0.4 is 4.90 Å². The molecule has 1 aromatic heterocycles. The fourth-order valence-electron chi connectivity index (χ4n) is 3.87. The molecule has 2 heterocycles. The summed E-state index contributed by atoms with van der Waals surface area (Å²) in [4.78, 5) is 22.6. The number of alkyl halides is 1. The van der Waals surface area contributed by atoms with Crippen LogP contribution in [0.5, 0.6) is 0 Å². The van der Waals surface area contributed by atoms with Gasteiger partial charge >= 0.3 is 6.09 Å². The zero-order chi connectivity index (χ0) is 21.6. The first-order valence-corrected chi connectivity index (χ1v) is 10.5. The van der Waals surface area contributed by atoms with E-state index in [-0.39, 0.29) is 22.7 Å². The number of anilines is 1. The number of halogens is 3. The van der Waals surface area contributed by atoms with Crippen molar-refractivity contribution in [2.75, 3.05) is 11.5 Å². The minimum absolute atomic E-state index is 0.0391. The quantitative estimate of drug-likeness (QED) is 0.558. The van der Waals surface area contributed by atoms with E-state index >= 15 is 0 Å². The molecular formula is C22H24ClF2N3O2. The smallest absolute Gasteiger partial charge is 0.415 e. The van der Waals surface area contributed by atoms with E-state index in [1.165, 1.54) is 19.9 Å². The molecule has 5 nitrogen and oxygen atoms in total. The van der Waals surface area contributed by atoms with Crippen molar-refractivity contribution in [3.63, 3.8) is 0 Å². The standard InChI is InChI=1S/C22H24ClF2N3O2/c1-12(15-7-6-14(9-16(15)24)22(2,3)25)8-19-26-18(23)10-20(27-19)28-17(13-4-5-13)11-30-21(28)29/h6-7,9-10,12-13,17H,4-5,8,11H2,1-3H3/t12-,17-/m1/s1. The number of ether oxygens (including phenoxy) is 1. The highest BCUT2D eigenvalue weighted by atomic mass is 35.5. The van der Waals surface area contributed by atoms with Gasteiger partial charge in [-0.05, 0) is 55.7 Å². The summed E-state index contributed by atoms with van der Waals surface area (Å²) in [5, 5.41) is 0.214. The summed E-state index contributed by atoms with van der Waals surface area (Å²) in [6.45, 7) is 4.98. The molecule has 160 valence electrons. The van der Waals surface area contributed by atoms with Gasteiger partial charge in [-0.15, -0.1) is 0 Å². The number of carbonyl (C=O) groups excluding carboxylic acids is 1. The van der Waals surface area contributed by atoms with Gasteiger partial charge in [-0.25, -0.2) is 23.5 Å². The Morgan fingerprint density at radius 1 is 1.30 bits per heavy atom. The van der Waals surface area contributed by atoms with Gasteiger partial charge in [-0.3, -0.25) is 4.90 Å². The molecule has 2 aliphatic rings. The van der Waals surface area contributed by atoms with Gasteiger partial charge in [-0.2, -0.15) is 0 Å². The van der Waals surface area contributed by atoms with Crippen LogP contribution in [-0.2, 0) is 16.8 Å². The van der Waals surface area contributed by atoms with Crippen LogP contribution in [0.4, 0.5) is 19.4 Å². The van der Waals surface area contributed by atoms with Crippen molar-refractivity contribution in [1.29, 1.82) is 0 Å². The number of aromatic nitrogens is 2. The summed E-state index contributed by atoms with van der Waals surface area (Å²) in [5.74, 6) is 0.503. The lowest BCUT2D eigenvalue weighted by atomic mass is 9.92. The number of rotatable bonds is 6. The average molecular weight is 436 g/mol. The van der Waals surface area contributed by atoms with Crippen molar-refractivity contribution in [3.05, 3.63) is 52.2 Å². The molecule has 1 saturated heterocycles. The minimum Gasteiger partial charge on any atom is -0.447 e. The second kappa shape index (κ2) is 7.76. The molecule has 8 heteroatoms. The lowest BCUT2D eigenvalue weighted by Crippen LogP contribution is -2.36. The zero-order valence-electron chi connectivity index (χ0n) is 17.2. The Kier molecular flexibility index (Phi) is 5.43. The number of amides is 1. The molecule has 0 N–H and O–H groups in total. The molecule has 4 rings (SSSR count). The van der Waals surface area contributed by atoms with Gasteiger partial charge in [0.2, 0.25) is 0 Å². The summed E-state index contributed by atoms with van der Waals surface area (Å²) in [7, 11) is 0. The number of nitrogens with zero attached hydrogens (tertiary/aromatic N) is 3. The summed E-state index contributed by atoms with van der Waals surface area (Å²) < 4.78 is 34.0. The van der Waals surface area contributed by atoms with Gasteiger partial charge in [0.1, 0.15) is 34.9 Å². The third kappa shape index (κ3) is 4.26. The van der Waals surface area contributed by atoms with Crippen molar-refractivity contribution < 1.29 is 18.3 Å². The molecule has 2 atom stereocenters. The Bertz CT molecular complexity index is 975. The van der Waals surface area contributed by atoms with Crippen molar-refractivity contribution in [3.8, 4) is 0 Å². The Balaban J connectivity index is 1.57. The van der Waals surface area contributed by atoms with Crippen LogP contribution >= 0.6 is 11.6 Å². The molecule has 0 radical (unpaired) electrons. The topological polar surface area (TPSA) is 55.3 Å². The van der Waals surface area contributed by atoms with Crippen LogP contribution in [-0.4, -0.2) is 28.7 Å². The number of hydrogen-bond acceptors (Lipinski definition) is 4. The first-order valence-electron chi connectivity index (χ1n) is 10.1. The number of benzene rings is 1. The second-order valence-electron chi connectivity index (χ2n) is 8.63. The summed E-state index contributed by atoms with van der Waals surface area (Å²) >= 11 is 6.21. The van der Waals surface area contributed by atoms with Crippen LogP contribution in [0.25, 0.3) is 0 Å². The van der Waals surface area contributed by atoms with Crippen LogP contribution in [0, 0.1) is 11.7 Å². The number of carbonyl (C=O) groups is 1. The highest BCUT2D eigenvalue weighted by Gasteiger charge is 2.44. The highest BCUT2D eigenvalue weighted by Crippen LogP contribution is 2.40. The molecular weight excluding hydrogens is 412 g/mol. The fourth-order valence-corrected chi connectivity index (χ4v) is 4.07. The van der Waals surface area contributed by atoms with Crippen molar-refractivity contribution in [1.82, 2.24) is 9.97 Å². The molecule has 1 aromatic carbocycles.